The normalized spacial score (nSPS) is 19.9. The summed E-state index contributed by atoms with van der Waals surface area (Å²) in [5, 5.41) is 6.38. The molecule has 0 aromatic rings. The lowest BCUT2D eigenvalue weighted by Gasteiger charge is -2.30. The van der Waals surface area contributed by atoms with Gasteiger partial charge in [-0.2, -0.15) is 0 Å². The molecule has 2 fully saturated rings. The smallest absolute Gasteiger partial charge is 0.0354 e. The summed E-state index contributed by atoms with van der Waals surface area (Å²) in [4.78, 5) is 0. The van der Waals surface area contributed by atoms with E-state index in [-0.39, 0.29) is 0 Å². The van der Waals surface area contributed by atoms with E-state index in [1.807, 2.05) is 27.9 Å². The zero-order valence-electron chi connectivity index (χ0n) is 19.9. The number of rotatable bonds is 9. The summed E-state index contributed by atoms with van der Waals surface area (Å²) in [6.07, 6.45) is 14.2. The van der Waals surface area contributed by atoms with Gasteiger partial charge in [0, 0.05) is 12.6 Å². The third-order valence-corrected chi connectivity index (χ3v) is 5.16. The molecule has 0 radical (unpaired) electrons. The van der Waals surface area contributed by atoms with Crippen LogP contribution in [0, 0.1) is 11.8 Å². The molecule has 27 heavy (non-hydrogen) atoms. The van der Waals surface area contributed by atoms with Crippen molar-refractivity contribution in [2.45, 2.75) is 105 Å². The van der Waals surface area contributed by atoms with Crippen molar-refractivity contribution >= 4 is 0 Å². The molecular weight excluding hydrogens is 332 g/mol. The van der Waals surface area contributed by atoms with E-state index < -0.39 is 0 Å². The zero-order chi connectivity index (χ0) is 20.8. The van der Waals surface area contributed by atoms with Crippen LogP contribution < -0.4 is 21.5 Å². The molecule has 1 heterocycles. The van der Waals surface area contributed by atoms with Gasteiger partial charge in [0.05, 0.1) is 0 Å². The summed E-state index contributed by atoms with van der Waals surface area (Å²) in [5.74, 6) is 1.85. The Hall–Kier alpha value is -0.160. The largest absolute Gasteiger partial charge is 0.320 e. The Morgan fingerprint density at radius 3 is 1.96 bits per heavy atom. The summed E-state index contributed by atoms with van der Waals surface area (Å²) in [7, 11) is 4.05. The van der Waals surface area contributed by atoms with Crippen molar-refractivity contribution in [1.82, 2.24) is 21.5 Å². The Morgan fingerprint density at radius 1 is 0.963 bits per heavy atom. The fraction of sp³-hybridized carbons (Fsp3) is 1.00. The molecule has 2 rings (SSSR count). The van der Waals surface area contributed by atoms with Gasteiger partial charge in [0.15, 0.2) is 0 Å². The molecular formula is C23H54N4. The number of hydrogen-bond donors (Lipinski definition) is 4. The maximum absolute atomic E-state index is 3.21. The van der Waals surface area contributed by atoms with Crippen LogP contribution in [0.5, 0.6) is 0 Å². The van der Waals surface area contributed by atoms with Crippen LogP contribution >= 0.6 is 0 Å². The average molecular weight is 387 g/mol. The van der Waals surface area contributed by atoms with Crippen molar-refractivity contribution < 1.29 is 0 Å². The van der Waals surface area contributed by atoms with E-state index in [1.165, 1.54) is 70.8 Å². The molecule has 166 valence electrons. The van der Waals surface area contributed by atoms with Gasteiger partial charge in [0.1, 0.15) is 0 Å². The second kappa shape index (κ2) is 23.9. The van der Waals surface area contributed by atoms with Crippen molar-refractivity contribution in [3.05, 3.63) is 0 Å². The predicted octanol–water partition coefficient (Wildman–Crippen LogP) is 5.11. The van der Waals surface area contributed by atoms with Crippen LogP contribution in [0.25, 0.3) is 0 Å². The predicted molar refractivity (Wildman–Crippen MR) is 124 cm³/mol. The van der Waals surface area contributed by atoms with Crippen molar-refractivity contribution in [2.24, 2.45) is 11.8 Å². The number of hydrogen-bond acceptors (Lipinski definition) is 4. The number of nitrogens with one attached hydrogen (secondary N) is 4. The first-order chi connectivity index (χ1) is 13.2. The van der Waals surface area contributed by atoms with Crippen LogP contribution in [0.1, 0.15) is 98.8 Å². The van der Waals surface area contributed by atoms with E-state index in [1.54, 1.807) is 0 Å². The molecule has 0 aromatic heterocycles. The van der Waals surface area contributed by atoms with E-state index in [0.717, 1.165) is 24.9 Å². The Morgan fingerprint density at radius 2 is 1.56 bits per heavy atom. The van der Waals surface area contributed by atoms with Crippen LogP contribution in [-0.4, -0.2) is 39.8 Å². The Labute approximate surface area is 172 Å². The Balaban J connectivity index is 0. The Bertz CT molecular complexity index is 249. The first kappa shape index (κ1) is 29.0. The minimum atomic E-state index is 0.711. The lowest BCUT2D eigenvalue weighted by atomic mass is 9.86. The quantitative estimate of drug-likeness (QED) is 0.416. The molecule has 1 saturated carbocycles. The second-order valence-corrected chi connectivity index (χ2v) is 7.87. The standard InChI is InChI=1S/C10H21N.C7H17N3.C4H10.C2H6/c1-11-9-5-8-10-6-3-2-4-7-10;1-6(4-8-2)3-7-5-9-10-7;1-3-4-2;1-2/h10-11H,2-9H2,1H3;6-10H,3-5H2,1-2H3;3-4H2,1-2H3;1-2H3. The molecule has 1 aliphatic heterocycles. The molecule has 0 spiro atoms. The molecule has 2 atom stereocenters. The van der Waals surface area contributed by atoms with E-state index in [9.17, 15) is 0 Å². The Kier molecular flexibility index (Phi) is 25.7. The van der Waals surface area contributed by atoms with Gasteiger partial charge >= 0.3 is 0 Å². The molecule has 4 heteroatoms. The molecule has 0 amide bonds. The van der Waals surface area contributed by atoms with E-state index >= 15 is 0 Å². The molecule has 0 bridgehead atoms. The van der Waals surface area contributed by atoms with Gasteiger partial charge in [0.25, 0.3) is 0 Å². The van der Waals surface area contributed by atoms with Crippen LogP contribution in [0.4, 0.5) is 0 Å². The van der Waals surface area contributed by atoms with Gasteiger partial charge in [0.2, 0.25) is 0 Å². The maximum Gasteiger partial charge on any atom is 0.0354 e. The van der Waals surface area contributed by atoms with E-state index in [0.29, 0.717) is 6.04 Å². The average Bonchev–Trinajstić information content (AvgIpc) is 2.68. The molecule has 4 N–H and O–H groups in total. The fourth-order valence-corrected chi connectivity index (χ4v) is 3.35. The van der Waals surface area contributed by atoms with Crippen LogP contribution in [-0.2, 0) is 0 Å². The topological polar surface area (TPSA) is 48.1 Å². The first-order valence-corrected chi connectivity index (χ1v) is 11.9. The minimum absolute atomic E-state index is 0.711. The van der Waals surface area contributed by atoms with Crippen molar-refractivity contribution in [3.63, 3.8) is 0 Å². The highest BCUT2D eigenvalue weighted by molar-refractivity contribution is 4.77. The van der Waals surface area contributed by atoms with Crippen LogP contribution in [0.15, 0.2) is 0 Å². The van der Waals surface area contributed by atoms with Gasteiger partial charge in [-0.25, -0.2) is 0 Å². The third-order valence-electron chi connectivity index (χ3n) is 5.16. The van der Waals surface area contributed by atoms with Crippen molar-refractivity contribution in [1.29, 1.82) is 0 Å². The fourth-order valence-electron chi connectivity index (χ4n) is 3.35. The molecule has 2 unspecified atom stereocenters. The summed E-state index contributed by atoms with van der Waals surface area (Å²) in [6, 6.07) is 0.711. The molecule has 1 saturated heterocycles. The van der Waals surface area contributed by atoms with Crippen LogP contribution in [0.3, 0.4) is 0 Å². The molecule has 4 nitrogen and oxygen atoms in total. The highest BCUT2D eigenvalue weighted by Gasteiger charge is 2.17. The lowest BCUT2D eigenvalue weighted by Crippen LogP contribution is -2.59. The lowest BCUT2D eigenvalue weighted by molar-refractivity contribution is 0.254. The van der Waals surface area contributed by atoms with Gasteiger partial charge < -0.3 is 10.6 Å². The highest BCUT2D eigenvalue weighted by Crippen LogP contribution is 2.26. The van der Waals surface area contributed by atoms with Crippen molar-refractivity contribution in [3.8, 4) is 0 Å². The van der Waals surface area contributed by atoms with Crippen molar-refractivity contribution in [2.75, 3.05) is 33.7 Å². The molecule has 1 aliphatic carbocycles. The molecule has 2 aliphatic rings. The maximum atomic E-state index is 3.21. The summed E-state index contributed by atoms with van der Waals surface area (Å²) in [6.45, 7) is 14.1. The molecule has 0 aromatic carbocycles. The SMILES string of the molecule is CC.CCCC.CNCC(C)CC1CNN1.CNCCCC1CCCCC1. The van der Waals surface area contributed by atoms with Crippen LogP contribution in [0.2, 0.25) is 0 Å². The monoisotopic (exact) mass is 386 g/mol. The van der Waals surface area contributed by atoms with Gasteiger partial charge in [-0.1, -0.05) is 79.6 Å². The summed E-state index contributed by atoms with van der Waals surface area (Å²) in [5.41, 5.74) is 6.20. The first-order valence-electron chi connectivity index (χ1n) is 11.9. The minimum Gasteiger partial charge on any atom is -0.320 e. The second-order valence-electron chi connectivity index (χ2n) is 7.87. The summed E-state index contributed by atoms with van der Waals surface area (Å²) < 4.78 is 0. The highest BCUT2D eigenvalue weighted by atomic mass is 15.4. The van der Waals surface area contributed by atoms with E-state index in [4.69, 9.17) is 0 Å². The van der Waals surface area contributed by atoms with Gasteiger partial charge in [-0.3, -0.25) is 10.9 Å². The van der Waals surface area contributed by atoms with E-state index in [2.05, 4.69) is 42.3 Å². The summed E-state index contributed by atoms with van der Waals surface area (Å²) >= 11 is 0. The zero-order valence-corrected chi connectivity index (χ0v) is 19.9. The number of hydrazine groups is 1. The number of unbranched alkanes of at least 4 members (excludes halogenated alkanes) is 1. The third kappa shape index (κ3) is 20.4. The van der Waals surface area contributed by atoms with Gasteiger partial charge in [-0.05, 0) is 58.3 Å². The van der Waals surface area contributed by atoms with Gasteiger partial charge in [-0.15, -0.1) is 0 Å².